The standard InChI is InChI=1S/C6H13NO3/c1-6(2,3)10-5-4-7(8)9/h4-5H2,1-3H3. The van der Waals surface area contributed by atoms with Crippen LogP contribution in [0, 0.1) is 10.1 Å². The zero-order chi connectivity index (χ0) is 8.20. The summed E-state index contributed by atoms with van der Waals surface area (Å²) in [5, 5.41) is 9.81. The van der Waals surface area contributed by atoms with Crippen molar-refractivity contribution in [3.8, 4) is 0 Å². The second-order valence-electron chi connectivity index (χ2n) is 3.02. The van der Waals surface area contributed by atoms with Gasteiger partial charge in [0, 0.05) is 4.92 Å². The van der Waals surface area contributed by atoms with Gasteiger partial charge in [0.2, 0.25) is 6.54 Å². The first-order valence-corrected chi connectivity index (χ1v) is 3.17. The topological polar surface area (TPSA) is 52.4 Å². The van der Waals surface area contributed by atoms with Crippen LogP contribution in [0.15, 0.2) is 0 Å². The summed E-state index contributed by atoms with van der Waals surface area (Å²) < 4.78 is 5.10. The van der Waals surface area contributed by atoms with E-state index in [4.69, 9.17) is 4.74 Å². The molecule has 60 valence electrons. The van der Waals surface area contributed by atoms with Crippen LogP contribution >= 0.6 is 0 Å². The van der Waals surface area contributed by atoms with E-state index in [1.165, 1.54) is 0 Å². The summed E-state index contributed by atoms with van der Waals surface area (Å²) in [6.07, 6.45) is 0. The van der Waals surface area contributed by atoms with Crippen molar-refractivity contribution < 1.29 is 9.66 Å². The lowest BCUT2D eigenvalue weighted by Gasteiger charge is -2.17. The van der Waals surface area contributed by atoms with Crippen LogP contribution < -0.4 is 0 Å². The molecule has 0 aliphatic heterocycles. The van der Waals surface area contributed by atoms with E-state index in [0.717, 1.165) is 0 Å². The van der Waals surface area contributed by atoms with Gasteiger partial charge in [-0.15, -0.1) is 0 Å². The highest BCUT2D eigenvalue weighted by Gasteiger charge is 2.10. The molecule has 0 rings (SSSR count). The molecule has 4 heteroatoms. The molecule has 0 saturated carbocycles. The summed E-state index contributed by atoms with van der Waals surface area (Å²) in [6, 6.07) is 0. The SMILES string of the molecule is CC(C)(C)OCC[N+](=O)[O-]. The molecule has 0 aromatic carbocycles. The number of ether oxygens (including phenoxy) is 1. The molecule has 0 fully saturated rings. The van der Waals surface area contributed by atoms with E-state index in [9.17, 15) is 10.1 Å². The van der Waals surface area contributed by atoms with Crippen LogP contribution in [0.2, 0.25) is 0 Å². The Balaban J connectivity index is 3.29. The third kappa shape index (κ3) is 7.36. The highest BCUT2D eigenvalue weighted by atomic mass is 16.6. The summed E-state index contributed by atoms with van der Waals surface area (Å²) >= 11 is 0. The molecule has 0 spiro atoms. The predicted molar refractivity (Wildman–Crippen MR) is 37.6 cm³/mol. The van der Waals surface area contributed by atoms with Gasteiger partial charge in [0.1, 0.15) is 6.61 Å². The summed E-state index contributed by atoms with van der Waals surface area (Å²) in [5.41, 5.74) is -0.268. The molecule has 0 aromatic heterocycles. The fourth-order valence-electron chi connectivity index (χ4n) is 0.426. The molecule has 0 unspecified atom stereocenters. The van der Waals surface area contributed by atoms with Crippen LogP contribution in [-0.4, -0.2) is 23.7 Å². The van der Waals surface area contributed by atoms with Crippen LogP contribution in [0.4, 0.5) is 0 Å². The monoisotopic (exact) mass is 147 g/mol. The molecule has 0 radical (unpaired) electrons. The van der Waals surface area contributed by atoms with Crippen molar-refractivity contribution in [2.75, 3.05) is 13.2 Å². The lowest BCUT2D eigenvalue weighted by molar-refractivity contribution is -0.484. The van der Waals surface area contributed by atoms with Gasteiger partial charge >= 0.3 is 0 Å². The maximum atomic E-state index is 9.81. The fourth-order valence-corrected chi connectivity index (χ4v) is 0.426. The van der Waals surface area contributed by atoms with Crippen molar-refractivity contribution in [3.05, 3.63) is 10.1 Å². The first kappa shape index (κ1) is 9.36. The highest BCUT2D eigenvalue weighted by Crippen LogP contribution is 2.05. The van der Waals surface area contributed by atoms with Gasteiger partial charge in [0.05, 0.1) is 5.60 Å². The Bertz CT molecular complexity index is 117. The van der Waals surface area contributed by atoms with Crippen molar-refractivity contribution in [2.24, 2.45) is 0 Å². The largest absolute Gasteiger partial charge is 0.369 e. The molecule has 0 aliphatic carbocycles. The number of nitrogens with zero attached hydrogens (tertiary/aromatic N) is 1. The van der Waals surface area contributed by atoms with Crippen LogP contribution in [0.1, 0.15) is 20.8 Å². The van der Waals surface area contributed by atoms with Gasteiger partial charge in [0.15, 0.2) is 0 Å². The Morgan fingerprint density at radius 3 is 2.30 bits per heavy atom. The summed E-state index contributed by atoms with van der Waals surface area (Å²) in [6.45, 7) is 5.68. The Morgan fingerprint density at radius 2 is 2.00 bits per heavy atom. The smallest absolute Gasteiger partial charge is 0.226 e. The van der Waals surface area contributed by atoms with Gasteiger partial charge in [-0.2, -0.15) is 0 Å². The van der Waals surface area contributed by atoms with E-state index in [0.29, 0.717) is 0 Å². The molecule has 0 aromatic rings. The van der Waals surface area contributed by atoms with E-state index in [2.05, 4.69) is 0 Å². The summed E-state index contributed by atoms with van der Waals surface area (Å²) in [4.78, 5) is 9.43. The molecule has 0 amide bonds. The van der Waals surface area contributed by atoms with E-state index < -0.39 is 0 Å². The third-order valence-corrected chi connectivity index (χ3v) is 0.809. The molecule has 0 heterocycles. The predicted octanol–water partition coefficient (Wildman–Crippen LogP) is 1.08. The Hall–Kier alpha value is -0.640. The Morgan fingerprint density at radius 1 is 1.50 bits per heavy atom. The number of hydrogen-bond donors (Lipinski definition) is 0. The minimum absolute atomic E-state index is 0.114. The van der Waals surface area contributed by atoms with Gasteiger partial charge in [-0.25, -0.2) is 0 Å². The normalized spacial score (nSPS) is 11.5. The first-order valence-electron chi connectivity index (χ1n) is 3.17. The molecule has 4 nitrogen and oxygen atoms in total. The minimum Gasteiger partial charge on any atom is -0.369 e. The quantitative estimate of drug-likeness (QED) is 0.443. The number of hydrogen-bond acceptors (Lipinski definition) is 3. The highest BCUT2D eigenvalue weighted by molar-refractivity contribution is 4.57. The third-order valence-electron chi connectivity index (χ3n) is 0.809. The molecule has 0 aliphatic rings. The van der Waals surface area contributed by atoms with Gasteiger partial charge in [-0.1, -0.05) is 0 Å². The van der Waals surface area contributed by atoms with Gasteiger partial charge < -0.3 is 4.74 Å². The van der Waals surface area contributed by atoms with Crippen LogP contribution in [0.5, 0.6) is 0 Å². The summed E-state index contributed by atoms with van der Waals surface area (Å²) in [7, 11) is 0. The van der Waals surface area contributed by atoms with Gasteiger partial charge in [-0.05, 0) is 20.8 Å². The number of nitro groups is 1. The lowest BCUT2D eigenvalue weighted by Crippen LogP contribution is -2.23. The van der Waals surface area contributed by atoms with E-state index in [-0.39, 0.29) is 23.7 Å². The maximum absolute atomic E-state index is 9.81. The molecule has 0 saturated heterocycles. The minimum atomic E-state index is -0.383. The molecular weight excluding hydrogens is 134 g/mol. The first-order chi connectivity index (χ1) is 4.42. The molecule has 0 N–H and O–H groups in total. The molecule has 0 atom stereocenters. The Kier molecular flexibility index (Phi) is 3.28. The zero-order valence-corrected chi connectivity index (χ0v) is 6.59. The fraction of sp³-hybridized carbons (Fsp3) is 1.00. The van der Waals surface area contributed by atoms with Crippen LogP contribution in [-0.2, 0) is 4.74 Å². The second-order valence-corrected chi connectivity index (χ2v) is 3.02. The van der Waals surface area contributed by atoms with Crippen LogP contribution in [0.3, 0.4) is 0 Å². The van der Waals surface area contributed by atoms with Gasteiger partial charge in [-0.3, -0.25) is 10.1 Å². The number of rotatable bonds is 3. The zero-order valence-electron chi connectivity index (χ0n) is 6.59. The average Bonchev–Trinajstić information content (AvgIpc) is 1.59. The Labute approximate surface area is 60.3 Å². The van der Waals surface area contributed by atoms with Crippen molar-refractivity contribution in [1.82, 2.24) is 0 Å². The second kappa shape index (κ2) is 3.51. The van der Waals surface area contributed by atoms with Crippen molar-refractivity contribution in [3.63, 3.8) is 0 Å². The van der Waals surface area contributed by atoms with Crippen LogP contribution in [0.25, 0.3) is 0 Å². The van der Waals surface area contributed by atoms with E-state index >= 15 is 0 Å². The molecule has 0 bridgehead atoms. The van der Waals surface area contributed by atoms with Gasteiger partial charge in [0.25, 0.3) is 0 Å². The van der Waals surface area contributed by atoms with Crippen molar-refractivity contribution >= 4 is 0 Å². The van der Waals surface area contributed by atoms with Crippen molar-refractivity contribution in [2.45, 2.75) is 26.4 Å². The molecular formula is C6H13NO3. The lowest BCUT2D eigenvalue weighted by atomic mass is 10.2. The van der Waals surface area contributed by atoms with E-state index in [1.54, 1.807) is 0 Å². The van der Waals surface area contributed by atoms with E-state index in [1.807, 2.05) is 20.8 Å². The summed E-state index contributed by atoms with van der Waals surface area (Å²) in [5.74, 6) is 0. The molecule has 10 heavy (non-hydrogen) atoms. The maximum Gasteiger partial charge on any atom is 0.226 e. The van der Waals surface area contributed by atoms with Crippen molar-refractivity contribution in [1.29, 1.82) is 0 Å². The average molecular weight is 147 g/mol.